The van der Waals surface area contributed by atoms with Gasteiger partial charge >= 0.3 is 5.69 Å². The molecule has 1 heterocycles. The van der Waals surface area contributed by atoms with Crippen LogP contribution in [-0.4, -0.2) is 19.9 Å². The van der Waals surface area contributed by atoms with Gasteiger partial charge in [-0.25, -0.2) is 9.89 Å². The molecule has 1 aromatic carbocycles. The maximum absolute atomic E-state index is 11.6. The molecule has 0 spiro atoms. The van der Waals surface area contributed by atoms with Crippen molar-refractivity contribution in [3.05, 3.63) is 40.3 Å². The van der Waals surface area contributed by atoms with E-state index in [0.717, 1.165) is 16.9 Å². The molecule has 0 saturated carbocycles. The Morgan fingerprint density at radius 3 is 2.89 bits per heavy atom. The Labute approximate surface area is 115 Å². The van der Waals surface area contributed by atoms with Gasteiger partial charge in [-0.2, -0.15) is 0 Å². The largest absolute Gasteiger partial charge is 0.389 e. The Morgan fingerprint density at radius 2 is 2.21 bits per heavy atom. The monoisotopic (exact) mass is 279 g/mol. The minimum absolute atomic E-state index is 0.195. The van der Waals surface area contributed by atoms with Gasteiger partial charge in [0, 0.05) is 11.4 Å². The topological polar surface area (TPSA) is 70.9 Å². The Balaban J connectivity index is 2.34. The fraction of sp³-hybridized carbons (Fsp3) is 0.385. The van der Waals surface area contributed by atoms with E-state index < -0.39 is 6.10 Å². The second kappa shape index (κ2) is 6.08. The summed E-state index contributed by atoms with van der Waals surface area (Å²) in [5.41, 5.74) is 0.643. The minimum Gasteiger partial charge on any atom is -0.389 e. The maximum atomic E-state index is 11.6. The first kappa shape index (κ1) is 13.9. The zero-order chi connectivity index (χ0) is 13.8. The molecule has 2 N–H and O–H groups in total. The molecule has 6 heteroatoms. The standard InChI is InChI=1S/C13H17N3O2S/c1-3-8-16-12(18)14-15-13(16)19-11-7-5-4-6-10(11)9(2)17/h4-7,9,17H,3,8H2,1-2H3,(H,14,18). The molecule has 102 valence electrons. The number of nitrogens with zero attached hydrogens (tertiary/aromatic N) is 2. The van der Waals surface area contributed by atoms with Gasteiger partial charge in [0.25, 0.3) is 0 Å². The lowest BCUT2D eigenvalue weighted by Crippen LogP contribution is -2.17. The van der Waals surface area contributed by atoms with Gasteiger partial charge in [0.1, 0.15) is 0 Å². The van der Waals surface area contributed by atoms with Crippen molar-refractivity contribution in [1.82, 2.24) is 14.8 Å². The third-order valence-corrected chi connectivity index (χ3v) is 3.83. The smallest absolute Gasteiger partial charge is 0.343 e. The number of aliphatic hydroxyl groups is 1. The molecule has 2 aromatic rings. The molecule has 0 saturated heterocycles. The van der Waals surface area contributed by atoms with Crippen LogP contribution >= 0.6 is 11.8 Å². The number of rotatable bonds is 5. The average molecular weight is 279 g/mol. The van der Waals surface area contributed by atoms with Crippen LogP contribution < -0.4 is 5.69 Å². The van der Waals surface area contributed by atoms with E-state index in [0.29, 0.717) is 11.7 Å². The summed E-state index contributed by atoms with van der Waals surface area (Å²) in [5, 5.41) is 16.9. The molecular weight excluding hydrogens is 262 g/mol. The van der Waals surface area contributed by atoms with Crippen LogP contribution in [0.15, 0.2) is 39.1 Å². The molecule has 0 radical (unpaired) electrons. The molecule has 0 bridgehead atoms. The van der Waals surface area contributed by atoms with E-state index in [1.165, 1.54) is 11.8 Å². The highest BCUT2D eigenvalue weighted by molar-refractivity contribution is 7.99. The van der Waals surface area contributed by atoms with Gasteiger partial charge in [-0.05, 0) is 36.7 Å². The zero-order valence-corrected chi connectivity index (χ0v) is 11.8. The van der Waals surface area contributed by atoms with Crippen LogP contribution in [0.25, 0.3) is 0 Å². The summed E-state index contributed by atoms with van der Waals surface area (Å²) in [6.07, 6.45) is 0.319. The number of hydrogen-bond donors (Lipinski definition) is 2. The molecule has 0 aliphatic heterocycles. The number of aromatic nitrogens is 3. The van der Waals surface area contributed by atoms with Crippen molar-refractivity contribution in [1.29, 1.82) is 0 Å². The van der Waals surface area contributed by atoms with Crippen LogP contribution in [0, 0.1) is 0 Å². The first-order valence-electron chi connectivity index (χ1n) is 6.23. The fourth-order valence-corrected chi connectivity index (χ4v) is 2.89. The van der Waals surface area contributed by atoms with E-state index in [2.05, 4.69) is 10.2 Å². The van der Waals surface area contributed by atoms with E-state index in [4.69, 9.17) is 0 Å². The average Bonchev–Trinajstić information content (AvgIpc) is 2.72. The summed E-state index contributed by atoms with van der Waals surface area (Å²) in [6.45, 7) is 4.37. The highest BCUT2D eigenvalue weighted by atomic mass is 32.2. The molecule has 19 heavy (non-hydrogen) atoms. The van der Waals surface area contributed by atoms with Gasteiger partial charge in [-0.1, -0.05) is 25.1 Å². The van der Waals surface area contributed by atoms with E-state index in [9.17, 15) is 9.90 Å². The molecule has 0 aliphatic rings. The van der Waals surface area contributed by atoms with Crippen LogP contribution in [0.5, 0.6) is 0 Å². The predicted octanol–water partition coefficient (Wildman–Crippen LogP) is 2.19. The number of aliphatic hydroxyl groups excluding tert-OH is 1. The number of hydrogen-bond acceptors (Lipinski definition) is 4. The van der Waals surface area contributed by atoms with E-state index in [1.54, 1.807) is 11.5 Å². The maximum Gasteiger partial charge on any atom is 0.343 e. The van der Waals surface area contributed by atoms with Crippen molar-refractivity contribution in [3.63, 3.8) is 0 Å². The Hall–Kier alpha value is -1.53. The lowest BCUT2D eigenvalue weighted by atomic mass is 10.1. The Kier molecular flexibility index (Phi) is 4.44. The van der Waals surface area contributed by atoms with Crippen molar-refractivity contribution < 1.29 is 5.11 Å². The van der Waals surface area contributed by atoms with Gasteiger partial charge in [-0.15, -0.1) is 5.10 Å². The molecule has 0 amide bonds. The van der Waals surface area contributed by atoms with E-state index in [-0.39, 0.29) is 5.69 Å². The van der Waals surface area contributed by atoms with E-state index in [1.807, 2.05) is 31.2 Å². The van der Waals surface area contributed by atoms with Crippen LogP contribution in [0.3, 0.4) is 0 Å². The Bertz CT molecular complexity index is 604. The van der Waals surface area contributed by atoms with Crippen molar-refractivity contribution >= 4 is 11.8 Å². The highest BCUT2D eigenvalue weighted by Crippen LogP contribution is 2.31. The normalized spacial score (nSPS) is 12.6. The van der Waals surface area contributed by atoms with Crippen molar-refractivity contribution in [2.24, 2.45) is 0 Å². The number of nitrogens with one attached hydrogen (secondary N) is 1. The number of benzene rings is 1. The summed E-state index contributed by atoms with van der Waals surface area (Å²) >= 11 is 1.39. The van der Waals surface area contributed by atoms with Gasteiger partial charge < -0.3 is 5.11 Å². The summed E-state index contributed by atoms with van der Waals surface area (Å²) < 4.78 is 1.61. The quantitative estimate of drug-likeness (QED) is 0.880. The summed E-state index contributed by atoms with van der Waals surface area (Å²) in [6, 6.07) is 7.59. The van der Waals surface area contributed by atoms with E-state index >= 15 is 0 Å². The van der Waals surface area contributed by atoms with Crippen molar-refractivity contribution in [2.45, 2.75) is 43.0 Å². The minimum atomic E-state index is -0.547. The molecule has 1 atom stereocenters. The second-order valence-corrected chi connectivity index (χ2v) is 5.29. The lowest BCUT2D eigenvalue weighted by Gasteiger charge is -2.11. The first-order valence-corrected chi connectivity index (χ1v) is 7.05. The third-order valence-electron chi connectivity index (χ3n) is 2.74. The number of aromatic amines is 1. The second-order valence-electron chi connectivity index (χ2n) is 4.28. The molecule has 5 nitrogen and oxygen atoms in total. The number of H-pyrrole nitrogens is 1. The summed E-state index contributed by atoms with van der Waals surface area (Å²) in [4.78, 5) is 12.5. The SMILES string of the molecule is CCCn1c(Sc2ccccc2C(C)O)n[nH]c1=O. The molecule has 0 aliphatic carbocycles. The summed E-state index contributed by atoms with van der Waals surface area (Å²) in [7, 11) is 0. The van der Waals surface area contributed by atoms with Gasteiger partial charge in [0.15, 0.2) is 5.16 Å². The van der Waals surface area contributed by atoms with Gasteiger partial charge in [-0.3, -0.25) is 4.57 Å². The highest BCUT2D eigenvalue weighted by Gasteiger charge is 2.13. The van der Waals surface area contributed by atoms with Crippen LogP contribution in [0.1, 0.15) is 31.9 Å². The van der Waals surface area contributed by atoms with Crippen molar-refractivity contribution in [3.8, 4) is 0 Å². The Morgan fingerprint density at radius 1 is 1.47 bits per heavy atom. The lowest BCUT2D eigenvalue weighted by molar-refractivity contribution is 0.196. The molecule has 1 unspecified atom stereocenters. The molecular formula is C13H17N3O2S. The fourth-order valence-electron chi connectivity index (χ4n) is 1.82. The molecule has 2 rings (SSSR count). The zero-order valence-electron chi connectivity index (χ0n) is 11.0. The van der Waals surface area contributed by atoms with Gasteiger partial charge in [0.05, 0.1) is 6.10 Å². The van der Waals surface area contributed by atoms with Gasteiger partial charge in [0.2, 0.25) is 0 Å². The predicted molar refractivity (Wildman–Crippen MR) is 74.3 cm³/mol. The summed E-state index contributed by atoms with van der Waals surface area (Å²) in [5.74, 6) is 0. The first-order chi connectivity index (χ1) is 9.13. The van der Waals surface area contributed by atoms with Crippen LogP contribution in [-0.2, 0) is 6.54 Å². The van der Waals surface area contributed by atoms with Crippen LogP contribution in [0.4, 0.5) is 0 Å². The third kappa shape index (κ3) is 3.08. The van der Waals surface area contributed by atoms with Crippen molar-refractivity contribution in [2.75, 3.05) is 0 Å². The molecule has 0 fully saturated rings. The van der Waals surface area contributed by atoms with Crippen LogP contribution in [0.2, 0.25) is 0 Å². The molecule has 1 aromatic heterocycles.